The number of likely N-dealkylation sites (N-methyl/N-ethyl adjacent to an activating group) is 2. The zero-order chi connectivity index (χ0) is 14.6. The molecule has 1 aliphatic rings. The van der Waals surface area contributed by atoms with Gasteiger partial charge in [-0.15, -0.1) is 0 Å². The van der Waals surface area contributed by atoms with Gasteiger partial charge >= 0.3 is 0 Å². The van der Waals surface area contributed by atoms with E-state index in [-0.39, 0.29) is 5.54 Å². The van der Waals surface area contributed by atoms with Gasteiger partial charge in [0.15, 0.2) is 0 Å². The molecule has 2 N–H and O–H groups in total. The molecule has 1 fully saturated rings. The van der Waals surface area contributed by atoms with Gasteiger partial charge in [0.1, 0.15) is 0 Å². The van der Waals surface area contributed by atoms with Crippen molar-refractivity contribution >= 4 is 0 Å². The van der Waals surface area contributed by atoms with E-state index < -0.39 is 0 Å². The van der Waals surface area contributed by atoms with Crippen LogP contribution < -0.4 is 5.73 Å². The van der Waals surface area contributed by atoms with Crippen molar-refractivity contribution in [2.75, 3.05) is 33.7 Å². The Morgan fingerprint density at radius 2 is 1.89 bits per heavy atom. The molecule has 19 heavy (non-hydrogen) atoms. The number of hydrogen-bond donors (Lipinski definition) is 1. The fourth-order valence-corrected chi connectivity index (χ4v) is 4.20. The van der Waals surface area contributed by atoms with Gasteiger partial charge in [0.25, 0.3) is 0 Å². The van der Waals surface area contributed by atoms with E-state index in [1.54, 1.807) is 0 Å². The van der Waals surface area contributed by atoms with Gasteiger partial charge in [-0.05, 0) is 52.2 Å². The summed E-state index contributed by atoms with van der Waals surface area (Å²) >= 11 is 0. The van der Waals surface area contributed by atoms with Crippen LogP contribution in [0.2, 0.25) is 0 Å². The van der Waals surface area contributed by atoms with Gasteiger partial charge in [-0.2, -0.15) is 0 Å². The van der Waals surface area contributed by atoms with E-state index in [1.165, 1.54) is 19.3 Å². The van der Waals surface area contributed by atoms with Gasteiger partial charge in [0.2, 0.25) is 0 Å². The molecule has 0 saturated heterocycles. The molecule has 0 aromatic rings. The van der Waals surface area contributed by atoms with Crippen molar-refractivity contribution in [2.45, 2.75) is 58.5 Å². The van der Waals surface area contributed by atoms with E-state index in [1.807, 2.05) is 0 Å². The molecule has 0 heterocycles. The number of nitrogens with zero attached hydrogens (tertiary/aromatic N) is 2. The molecule has 114 valence electrons. The van der Waals surface area contributed by atoms with Crippen LogP contribution in [-0.2, 0) is 0 Å². The molecule has 1 saturated carbocycles. The topological polar surface area (TPSA) is 32.5 Å². The maximum Gasteiger partial charge on any atom is 0.0362 e. The van der Waals surface area contributed by atoms with Crippen molar-refractivity contribution in [1.82, 2.24) is 9.80 Å². The predicted molar refractivity (Wildman–Crippen MR) is 84.4 cm³/mol. The highest BCUT2D eigenvalue weighted by Gasteiger charge is 2.45. The van der Waals surface area contributed by atoms with Gasteiger partial charge in [0.05, 0.1) is 0 Å². The minimum absolute atomic E-state index is 0.210. The predicted octanol–water partition coefficient (Wildman–Crippen LogP) is 2.41. The molecular weight excluding hydrogens is 234 g/mol. The summed E-state index contributed by atoms with van der Waals surface area (Å²) in [4.78, 5) is 4.97. The average Bonchev–Trinajstić information content (AvgIpc) is 2.33. The zero-order valence-corrected chi connectivity index (χ0v) is 13.9. The molecule has 0 aromatic carbocycles. The molecule has 4 unspecified atom stereocenters. The van der Waals surface area contributed by atoms with Crippen LogP contribution in [0, 0.1) is 11.8 Å². The highest BCUT2D eigenvalue weighted by molar-refractivity contribution is 5.01. The van der Waals surface area contributed by atoms with Crippen LogP contribution in [0.5, 0.6) is 0 Å². The molecule has 0 aromatic heterocycles. The second-order valence-corrected chi connectivity index (χ2v) is 6.99. The Morgan fingerprint density at radius 1 is 1.26 bits per heavy atom. The van der Waals surface area contributed by atoms with E-state index in [9.17, 15) is 0 Å². The van der Waals surface area contributed by atoms with Gasteiger partial charge in [0, 0.05) is 24.7 Å². The first-order chi connectivity index (χ1) is 8.87. The number of hydrogen-bond acceptors (Lipinski definition) is 3. The van der Waals surface area contributed by atoms with Gasteiger partial charge in [-0.25, -0.2) is 0 Å². The summed E-state index contributed by atoms with van der Waals surface area (Å²) < 4.78 is 0. The Kier molecular flexibility index (Phi) is 6.28. The lowest BCUT2D eigenvalue weighted by atomic mass is 9.68. The standard InChI is InChI=1S/C16H35N3/c1-7-19(15(4)11-18(5)6)16(12-17)10-13(2)8-9-14(16)3/h13-15H,7-12,17H2,1-6H3. The molecule has 0 aliphatic heterocycles. The highest BCUT2D eigenvalue weighted by Crippen LogP contribution is 2.41. The van der Waals surface area contributed by atoms with Gasteiger partial charge in [-0.3, -0.25) is 4.90 Å². The van der Waals surface area contributed by atoms with E-state index in [0.29, 0.717) is 12.0 Å². The van der Waals surface area contributed by atoms with Gasteiger partial charge in [-0.1, -0.05) is 27.2 Å². The van der Waals surface area contributed by atoms with E-state index in [4.69, 9.17) is 5.73 Å². The molecule has 0 bridgehead atoms. The van der Waals surface area contributed by atoms with E-state index in [0.717, 1.165) is 25.6 Å². The second-order valence-electron chi connectivity index (χ2n) is 6.99. The zero-order valence-electron chi connectivity index (χ0n) is 13.9. The maximum absolute atomic E-state index is 6.28. The van der Waals surface area contributed by atoms with Crippen molar-refractivity contribution in [3.05, 3.63) is 0 Å². The van der Waals surface area contributed by atoms with Crippen LogP contribution in [-0.4, -0.2) is 55.1 Å². The molecule has 1 aliphatic carbocycles. The smallest absolute Gasteiger partial charge is 0.0362 e. The lowest BCUT2D eigenvalue weighted by Crippen LogP contribution is -2.63. The lowest BCUT2D eigenvalue weighted by Gasteiger charge is -2.54. The minimum atomic E-state index is 0.210. The summed E-state index contributed by atoms with van der Waals surface area (Å²) in [5, 5.41) is 0. The lowest BCUT2D eigenvalue weighted by molar-refractivity contribution is -0.0298. The Morgan fingerprint density at radius 3 is 2.37 bits per heavy atom. The summed E-state index contributed by atoms with van der Waals surface area (Å²) in [6, 6.07) is 0.566. The molecule has 4 atom stereocenters. The Hall–Kier alpha value is -0.120. The third kappa shape index (κ3) is 3.71. The van der Waals surface area contributed by atoms with Crippen LogP contribution in [0.4, 0.5) is 0 Å². The van der Waals surface area contributed by atoms with E-state index >= 15 is 0 Å². The summed E-state index contributed by atoms with van der Waals surface area (Å²) in [7, 11) is 4.32. The molecular formula is C16H35N3. The second kappa shape index (κ2) is 7.05. The van der Waals surface area contributed by atoms with Crippen LogP contribution >= 0.6 is 0 Å². The number of nitrogens with two attached hydrogens (primary N) is 1. The largest absolute Gasteiger partial charge is 0.329 e. The fraction of sp³-hybridized carbons (Fsp3) is 1.00. The first kappa shape index (κ1) is 16.9. The van der Waals surface area contributed by atoms with Crippen LogP contribution in [0.15, 0.2) is 0 Å². The minimum Gasteiger partial charge on any atom is -0.329 e. The third-order valence-electron chi connectivity index (χ3n) is 5.14. The molecule has 3 heteroatoms. The molecule has 1 rings (SSSR count). The maximum atomic E-state index is 6.28. The van der Waals surface area contributed by atoms with Crippen molar-refractivity contribution in [3.8, 4) is 0 Å². The molecule has 3 nitrogen and oxygen atoms in total. The van der Waals surface area contributed by atoms with Crippen LogP contribution in [0.25, 0.3) is 0 Å². The first-order valence-corrected chi connectivity index (χ1v) is 7.98. The summed E-state index contributed by atoms with van der Waals surface area (Å²) in [5.41, 5.74) is 6.49. The monoisotopic (exact) mass is 269 g/mol. The normalized spacial score (nSPS) is 33.9. The summed E-state index contributed by atoms with van der Waals surface area (Å²) in [6.07, 6.45) is 3.95. The van der Waals surface area contributed by atoms with Crippen molar-refractivity contribution in [1.29, 1.82) is 0 Å². The molecule has 0 radical (unpaired) electrons. The number of rotatable bonds is 6. The first-order valence-electron chi connectivity index (χ1n) is 7.98. The van der Waals surface area contributed by atoms with Crippen LogP contribution in [0.1, 0.15) is 47.0 Å². The Bertz CT molecular complexity index is 267. The van der Waals surface area contributed by atoms with Crippen LogP contribution in [0.3, 0.4) is 0 Å². The summed E-state index contributed by atoms with van der Waals surface area (Å²) in [5.74, 6) is 1.51. The molecule has 0 spiro atoms. The van der Waals surface area contributed by atoms with E-state index in [2.05, 4.69) is 51.6 Å². The quantitative estimate of drug-likeness (QED) is 0.804. The SMILES string of the molecule is CCN(C(C)CN(C)C)C1(CN)CC(C)CCC1C. The fourth-order valence-electron chi connectivity index (χ4n) is 4.20. The highest BCUT2D eigenvalue weighted by atomic mass is 15.3. The van der Waals surface area contributed by atoms with Crippen molar-refractivity contribution in [3.63, 3.8) is 0 Å². The average molecular weight is 269 g/mol. The van der Waals surface area contributed by atoms with Crippen molar-refractivity contribution < 1.29 is 0 Å². The van der Waals surface area contributed by atoms with Gasteiger partial charge < -0.3 is 10.6 Å². The Balaban J connectivity index is 2.95. The summed E-state index contributed by atoms with van der Waals surface area (Å²) in [6.45, 7) is 12.4. The molecule has 0 amide bonds. The Labute approximate surface area is 120 Å². The van der Waals surface area contributed by atoms with Crippen molar-refractivity contribution in [2.24, 2.45) is 17.6 Å². The third-order valence-corrected chi connectivity index (χ3v) is 5.14.